The summed E-state index contributed by atoms with van der Waals surface area (Å²) in [4.78, 5) is 12.3. The van der Waals surface area contributed by atoms with Crippen LogP contribution in [0.1, 0.15) is 62.7 Å². The largest absolute Gasteiger partial charge is 0.392 e. The third-order valence-electron chi connectivity index (χ3n) is 5.01. The zero-order chi connectivity index (χ0) is 16.0. The number of rotatable bonds is 2. The molecule has 0 bridgehead atoms. The van der Waals surface area contributed by atoms with Crippen molar-refractivity contribution in [2.75, 3.05) is 0 Å². The molecule has 2 aromatic rings. The highest BCUT2D eigenvalue weighted by molar-refractivity contribution is 6.00. The van der Waals surface area contributed by atoms with Gasteiger partial charge in [-0.05, 0) is 47.6 Å². The maximum absolute atomic E-state index is 12.3. The molecular formula is C20H20O3. The molecule has 2 aliphatic rings. The summed E-state index contributed by atoms with van der Waals surface area (Å²) in [5.74, 6) is 0.164. The van der Waals surface area contributed by atoms with Crippen molar-refractivity contribution in [3.05, 3.63) is 69.3 Å². The number of aliphatic hydroxyl groups is 1. The fourth-order valence-corrected chi connectivity index (χ4v) is 3.83. The lowest BCUT2D eigenvalue weighted by Gasteiger charge is -2.21. The molecule has 1 aliphatic carbocycles. The molecule has 4 rings (SSSR count). The number of aliphatic hydroxyl groups excluding tert-OH is 1. The standard InChI is InChI=1S/C20H20O3/c1-12-5-7-13(8-6-12)20-15-9-14-3-2-4-18(22)19(14)16(10-21)17(15)11-23-20/h5-9,20-21H,2-4,10-11H2,1H3. The third kappa shape index (κ3) is 2.32. The Morgan fingerprint density at radius 3 is 2.74 bits per heavy atom. The number of benzene rings is 2. The molecule has 1 atom stereocenters. The summed E-state index contributed by atoms with van der Waals surface area (Å²) < 4.78 is 6.02. The number of ketones is 1. The third-order valence-corrected chi connectivity index (χ3v) is 5.01. The van der Waals surface area contributed by atoms with Crippen molar-refractivity contribution in [3.63, 3.8) is 0 Å². The average Bonchev–Trinajstić information content (AvgIpc) is 2.97. The minimum atomic E-state index is -0.0989. The lowest BCUT2D eigenvalue weighted by Crippen LogP contribution is -2.16. The van der Waals surface area contributed by atoms with Crippen molar-refractivity contribution in [2.24, 2.45) is 0 Å². The van der Waals surface area contributed by atoms with Crippen LogP contribution in [-0.4, -0.2) is 10.9 Å². The van der Waals surface area contributed by atoms with E-state index in [1.165, 1.54) is 5.56 Å². The van der Waals surface area contributed by atoms with E-state index in [1.807, 2.05) is 0 Å². The van der Waals surface area contributed by atoms with E-state index in [9.17, 15) is 9.90 Å². The second kappa shape index (κ2) is 5.59. The van der Waals surface area contributed by atoms with Crippen LogP contribution in [0, 0.1) is 6.92 Å². The molecule has 1 heterocycles. The molecule has 3 nitrogen and oxygen atoms in total. The van der Waals surface area contributed by atoms with Crippen LogP contribution in [0.3, 0.4) is 0 Å². The summed E-state index contributed by atoms with van der Waals surface area (Å²) in [6, 6.07) is 10.5. The van der Waals surface area contributed by atoms with Crippen molar-refractivity contribution in [2.45, 2.75) is 45.5 Å². The van der Waals surface area contributed by atoms with Crippen LogP contribution >= 0.6 is 0 Å². The Bertz CT molecular complexity index is 774. The second-order valence-corrected chi connectivity index (χ2v) is 6.49. The van der Waals surface area contributed by atoms with E-state index in [0.717, 1.165) is 46.2 Å². The monoisotopic (exact) mass is 308 g/mol. The van der Waals surface area contributed by atoms with Crippen LogP contribution < -0.4 is 0 Å². The van der Waals surface area contributed by atoms with Gasteiger partial charge in [0.25, 0.3) is 0 Å². The Morgan fingerprint density at radius 2 is 2.00 bits per heavy atom. The molecule has 2 aromatic carbocycles. The first-order valence-electron chi connectivity index (χ1n) is 8.19. The highest BCUT2D eigenvalue weighted by atomic mass is 16.5. The number of carbonyl (C=O) groups is 1. The van der Waals surface area contributed by atoms with Crippen molar-refractivity contribution >= 4 is 5.78 Å². The molecule has 0 saturated carbocycles. The Labute approximate surface area is 135 Å². The number of hydrogen-bond donors (Lipinski definition) is 1. The Kier molecular flexibility index (Phi) is 3.55. The number of hydrogen-bond acceptors (Lipinski definition) is 3. The first-order chi connectivity index (χ1) is 11.2. The number of ether oxygens (including phenoxy) is 1. The van der Waals surface area contributed by atoms with E-state index < -0.39 is 0 Å². The quantitative estimate of drug-likeness (QED) is 0.921. The maximum Gasteiger partial charge on any atom is 0.163 e. The molecule has 0 aromatic heterocycles. The number of carbonyl (C=O) groups excluding carboxylic acids is 1. The zero-order valence-corrected chi connectivity index (χ0v) is 13.3. The molecule has 0 saturated heterocycles. The normalized spacial score (nSPS) is 19.6. The lowest BCUT2D eigenvalue weighted by molar-refractivity contribution is 0.0931. The van der Waals surface area contributed by atoms with E-state index in [0.29, 0.717) is 13.0 Å². The van der Waals surface area contributed by atoms with Gasteiger partial charge in [-0.15, -0.1) is 0 Å². The van der Waals surface area contributed by atoms with Crippen LogP contribution in [0.25, 0.3) is 0 Å². The van der Waals surface area contributed by atoms with Gasteiger partial charge in [-0.1, -0.05) is 35.9 Å². The molecule has 0 spiro atoms. The van der Waals surface area contributed by atoms with E-state index >= 15 is 0 Å². The van der Waals surface area contributed by atoms with E-state index in [-0.39, 0.29) is 18.5 Å². The molecule has 23 heavy (non-hydrogen) atoms. The Morgan fingerprint density at radius 1 is 1.22 bits per heavy atom. The van der Waals surface area contributed by atoms with Gasteiger partial charge in [0.05, 0.1) is 13.2 Å². The highest BCUT2D eigenvalue weighted by Gasteiger charge is 2.32. The summed E-state index contributed by atoms with van der Waals surface area (Å²) in [5, 5.41) is 9.86. The molecule has 1 N–H and O–H groups in total. The SMILES string of the molecule is Cc1ccc(C2OCc3c2cc2c(c3CO)C(=O)CCC2)cc1. The Hall–Kier alpha value is -1.97. The van der Waals surface area contributed by atoms with Crippen molar-refractivity contribution in [1.29, 1.82) is 0 Å². The second-order valence-electron chi connectivity index (χ2n) is 6.49. The molecule has 3 heteroatoms. The minimum Gasteiger partial charge on any atom is -0.392 e. The minimum absolute atomic E-state index is 0.0960. The van der Waals surface area contributed by atoms with Gasteiger partial charge in [-0.2, -0.15) is 0 Å². The van der Waals surface area contributed by atoms with Crippen LogP contribution in [0.2, 0.25) is 0 Å². The van der Waals surface area contributed by atoms with Gasteiger partial charge in [-0.25, -0.2) is 0 Å². The van der Waals surface area contributed by atoms with Crippen LogP contribution in [0.15, 0.2) is 30.3 Å². The summed E-state index contributed by atoms with van der Waals surface area (Å²) in [6.07, 6.45) is 2.28. The number of Topliss-reactive ketones (excluding diaryl/α,β-unsaturated/α-hetero) is 1. The summed E-state index contributed by atoms with van der Waals surface area (Å²) >= 11 is 0. The Balaban J connectivity index is 1.86. The topological polar surface area (TPSA) is 46.5 Å². The van der Waals surface area contributed by atoms with Gasteiger partial charge in [0.15, 0.2) is 5.78 Å². The smallest absolute Gasteiger partial charge is 0.163 e. The van der Waals surface area contributed by atoms with Gasteiger partial charge in [0, 0.05) is 12.0 Å². The fraction of sp³-hybridized carbons (Fsp3) is 0.350. The van der Waals surface area contributed by atoms with E-state index in [2.05, 4.69) is 37.3 Å². The summed E-state index contributed by atoms with van der Waals surface area (Å²) in [7, 11) is 0. The molecule has 0 radical (unpaired) electrons. The van der Waals surface area contributed by atoms with Gasteiger partial charge in [0.1, 0.15) is 6.10 Å². The lowest BCUT2D eigenvalue weighted by atomic mass is 9.82. The van der Waals surface area contributed by atoms with Gasteiger partial charge >= 0.3 is 0 Å². The molecule has 0 amide bonds. The number of aryl methyl sites for hydroxylation is 2. The molecule has 1 unspecified atom stereocenters. The summed E-state index contributed by atoms with van der Waals surface area (Å²) in [6.45, 7) is 2.44. The van der Waals surface area contributed by atoms with Crippen LogP contribution in [0.5, 0.6) is 0 Å². The highest BCUT2D eigenvalue weighted by Crippen LogP contribution is 2.41. The number of fused-ring (bicyclic) bond motifs is 2. The first kappa shape index (κ1) is 14.6. The predicted molar refractivity (Wildman–Crippen MR) is 87.4 cm³/mol. The molecule has 0 fully saturated rings. The fourth-order valence-electron chi connectivity index (χ4n) is 3.83. The van der Waals surface area contributed by atoms with E-state index in [4.69, 9.17) is 4.74 Å². The zero-order valence-electron chi connectivity index (χ0n) is 13.3. The van der Waals surface area contributed by atoms with Gasteiger partial charge in [0.2, 0.25) is 0 Å². The van der Waals surface area contributed by atoms with Crippen molar-refractivity contribution in [3.8, 4) is 0 Å². The van der Waals surface area contributed by atoms with Crippen LogP contribution in [-0.2, 0) is 24.4 Å². The molecule has 118 valence electrons. The molecular weight excluding hydrogens is 288 g/mol. The van der Waals surface area contributed by atoms with Gasteiger partial charge < -0.3 is 9.84 Å². The summed E-state index contributed by atoms with van der Waals surface area (Å²) in [5.41, 5.74) is 7.09. The van der Waals surface area contributed by atoms with Crippen molar-refractivity contribution < 1.29 is 14.6 Å². The average molecular weight is 308 g/mol. The van der Waals surface area contributed by atoms with Crippen LogP contribution in [0.4, 0.5) is 0 Å². The predicted octanol–water partition coefficient (Wildman–Crippen LogP) is 3.63. The first-order valence-corrected chi connectivity index (χ1v) is 8.19. The van der Waals surface area contributed by atoms with Gasteiger partial charge in [-0.3, -0.25) is 4.79 Å². The van der Waals surface area contributed by atoms with E-state index in [1.54, 1.807) is 0 Å². The maximum atomic E-state index is 12.3. The molecule has 1 aliphatic heterocycles. The van der Waals surface area contributed by atoms with Crippen molar-refractivity contribution in [1.82, 2.24) is 0 Å².